The molecular weight excluding hydrogens is 371 g/mol. The van der Waals surface area contributed by atoms with Crippen molar-refractivity contribution in [2.24, 2.45) is 0 Å². The fourth-order valence-electron chi connectivity index (χ4n) is 2.93. The van der Waals surface area contributed by atoms with E-state index in [1.54, 1.807) is 24.9 Å². The van der Waals surface area contributed by atoms with Crippen LogP contribution in [0.15, 0.2) is 83.3 Å². The van der Waals surface area contributed by atoms with Gasteiger partial charge in [0.2, 0.25) is 0 Å². The van der Waals surface area contributed by atoms with Crippen molar-refractivity contribution in [1.29, 1.82) is 0 Å². The Balaban J connectivity index is 2.43. The Morgan fingerprint density at radius 3 is 1.78 bits per heavy atom. The molecule has 0 amide bonds. The van der Waals surface area contributed by atoms with Crippen LogP contribution in [0.2, 0.25) is 0 Å². The van der Waals surface area contributed by atoms with E-state index in [-0.39, 0.29) is 5.75 Å². The molecule has 0 aliphatic rings. The van der Waals surface area contributed by atoms with Crippen LogP contribution < -0.4 is 15.9 Å². The summed E-state index contributed by atoms with van der Waals surface area (Å²) in [6.45, 7) is -2.24. The van der Waals surface area contributed by atoms with E-state index in [9.17, 15) is 10.00 Å². The van der Waals surface area contributed by atoms with Gasteiger partial charge in [0.05, 0.1) is 0 Å². The summed E-state index contributed by atoms with van der Waals surface area (Å²) in [6, 6.07) is 23.8. The van der Waals surface area contributed by atoms with Crippen molar-refractivity contribution in [1.82, 2.24) is 0 Å². The molecule has 0 atom stereocenters. The Morgan fingerprint density at radius 2 is 1.30 bits per heavy atom. The van der Waals surface area contributed by atoms with E-state index in [0.29, 0.717) is 15.9 Å². The van der Waals surface area contributed by atoms with Gasteiger partial charge < -0.3 is 0 Å². The molecule has 0 aromatic heterocycles. The quantitative estimate of drug-likeness (QED) is 0.678. The molecule has 1 radical (unpaired) electrons. The van der Waals surface area contributed by atoms with E-state index >= 15 is 0 Å². The van der Waals surface area contributed by atoms with Crippen LogP contribution in [-0.4, -0.2) is 11.8 Å². The molecule has 2 nitrogen and oxygen atoms in total. The zero-order chi connectivity index (χ0) is 16.5. The zero-order valence-electron chi connectivity index (χ0n) is 12.7. The molecule has 0 saturated heterocycles. The van der Waals surface area contributed by atoms with Gasteiger partial charge in [-0.1, -0.05) is 0 Å². The van der Waals surface area contributed by atoms with Gasteiger partial charge in [-0.15, -0.1) is 0 Å². The molecule has 3 aromatic rings. The summed E-state index contributed by atoms with van der Waals surface area (Å²) >= 11 is 3.43. The van der Waals surface area contributed by atoms with Crippen molar-refractivity contribution in [3.63, 3.8) is 0 Å². The number of hydrogen-bond acceptors (Lipinski definition) is 1. The second kappa shape index (κ2) is 5.76. The Bertz CT molecular complexity index is 789. The van der Waals surface area contributed by atoms with Crippen LogP contribution in [0, 0.1) is 0 Å². The summed E-state index contributed by atoms with van der Waals surface area (Å²) in [7, 11) is 0. The molecule has 3 aromatic carbocycles. The summed E-state index contributed by atoms with van der Waals surface area (Å²) in [5, 5.41) is 12.3. The van der Waals surface area contributed by atoms with Gasteiger partial charge in [-0.05, 0) is 0 Å². The third kappa shape index (κ3) is 2.59. The number of benzene rings is 3. The molecule has 0 aliphatic carbocycles. The number of rotatable bonds is 3. The van der Waals surface area contributed by atoms with E-state index in [1.165, 1.54) is 0 Å². The monoisotopic (exact) mass is 387 g/mol. The first kappa shape index (κ1) is 16.2. The minimum absolute atomic E-state index is 0.0380. The molecule has 1 N–H and O–H groups in total. The van der Waals surface area contributed by atoms with E-state index in [4.69, 9.17) is 0 Å². The van der Waals surface area contributed by atoms with Crippen LogP contribution in [0.1, 0.15) is 0 Å². The maximum absolute atomic E-state index is 14.6. The second-order valence-corrected chi connectivity index (χ2v) is 11.1. The molecule has 0 heterocycles. The Hall–Kier alpha value is -1.67. The van der Waals surface area contributed by atoms with E-state index in [2.05, 4.69) is 15.9 Å². The van der Waals surface area contributed by atoms with Crippen molar-refractivity contribution in [2.75, 3.05) is 6.66 Å². The molecule has 0 spiro atoms. The van der Waals surface area contributed by atoms with E-state index < -0.39 is 6.83 Å². The minimum atomic E-state index is -3.99. The number of halogens is 1. The predicted molar refractivity (Wildman–Crippen MR) is 101 cm³/mol. The number of phenols is 1. The summed E-state index contributed by atoms with van der Waals surface area (Å²) < 4.78 is 0.781. The number of phenolic OH excluding ortho intramolecular Hbond substituents is 1. The molecule has 0 bridgehead atoms. The van der Waals surface area contributed by atoms with Crippen LogP contribution >= 0.6 is 22.8 Å². The number of aromatic hydroxyl groups is 1. The maximum atomic E-state index is 14.6. The molecule has 3 rings (SSSR count). The van der Waals surface area contributed by atoms with Gasteiger partial charge in [-0.3, -0.25) is 0 Å². The fraction of sp³-hybridized carbons (Fsp3) is 0.0526. The van der Waals surface area contributed by atoms with Crippen LogP contribution in [0.25, 0.3) is 0 Å². The van der Waals surface area contributed by atoms with Crippen molar-refractivity contribution in [3.8, 4) is 5.75 Å². The average molecular weight is 388 g/mol. The van der Waals surface area contributed by atoms with Gasteiger partial charge >= 0.3 is 144 Å². The third-order valence-corrected chi connectivity index (χ3v) is 9.37. The molecule has 23 heavy (non-hydrogen) atoms. The van der Waals surface area contributed by atoms with Crippen LogP contribution in [0.5, 0.6) is 5.75 Å². The molecular formula is C19H17BrO2P. The average Bonchev–Trinajstić information content (AvgIpc) is 2.59. The second-order valence-electron chi connectivity index (χ2n) is 5.77. The summed E-state index contributed by atoms with van der Waals surface area (Å²) in [5.74, 6) is 0.0380. The topological polar surface area (TPSA) is 40.1 Å². The van der Waals surface area contributed by atoms with Gasteiger partial charge in [-0.2, -0.15) is 0 Å². The first-order chi connectivity index (χ1) is 10.9. The van der Waals surface area contributed by atoms with E-state index in [1.807, 2.05) is 60.7 Å². The van der Waals surface area contributed by atoms with Crippen molar-refractivity contribution in [2.45, 2.75) is 0 Å². The van der Waals surface area contributed by atoms with Gasteiger partial charge in [0.25, 0.3) is 0 Å². The van der Waals surface area contributed by atoms with Crippen LogP contribution in [-0.2, 0) is 4.89 Å². The van der Waals surface area contributed by atoms with Crippen molar-refractivity contribution in [3.05, 3.63) is 83.3 Å². The van der Waals surface area contributed by atoms with E-state index in [0.717, 1.165) is 4.47 Å². The van der Waals surface area contributed by atoms with Gasteiger partial charge in [0, 0.05) is 0 Å². The first-order valence-electron chi connectivity index (χ1n) is 7.27. The standard InChI is InChI=1S/C19H17BrO2P/c1-23(22,16-8-4-2-5-9-16,17-10-6-3-7-11-17)19-14-15(20)12-13-18(19)21/h2-14,21H,1H3. The Morgan fingerprint density at radius 1 is 0.826 bits per heavy atom. The van der Waals surface area contributed by atoms with Gasteiger partial charge in [0.1, 0.15) is 0 Å². The number of hydrogen-bond donors (Lipinski definition) is 1. The normalized spacial score (nSPS) is 13.3. The molecule has 0 unspecified atom stereocenters. The van der Waals surface area contributed by atoms with Crippen molar-refractivity contribution >= 4 is 38.7 Å². The first-order valence-corrected chi connectivity index (χ1v) is 10.7. The summed E-state index contributed by atoms with van der Waals surface area (Å²) in [4.78, 5) is 14.6. The van der Waals surface area contributed by atoms with Gasteiger partial charge in [-0.25, -0.2) is 0 Å². The molecule has 117 valence electrons. The van der Waals surface area contributed by atoms with Crippen molar-refractivity contribution < 1.29 is 10.00 Å². The molecule has 0 aliphatic heterocycles. The molecule has 0 fully saturated rings. The summed E-state index contributed by atoms with van der Waals surface area (Å²) in [5.41, 5.74) is 0. The van der Waals surface area contributed by atoms with Gasteiger partial charge in [0.15, 0.2) is 0 Å². The SMILES string of the molecule is CP([O])(c1ccccc1)(c1ccccc1)c1cc(Br)ccc1O. The predicted octanol–water partition coefficient (Wildman–Crippen LogP) is 3.96. The van der Waals surface area contributed by atoms with Crippen LogP contribution in [0.4, 0.5) is 0 Å². The fourth-order valence-corrected chi connectivity index (χ4v) is 7.18. The third-order valence-electron chi connectivity index (χ3n) is 4.27. The Kier molecular flexibility index (Phi) is 4.05. The Labute approximate surface area is 144 Å². The summed E-state index contributed by atoms with van der Waals surface area (Å²) in [6.07, 6.45) is 0. The molecule has 0 saturated carbocycles. The molecule has 4 heteroatoms. The zero-order valence-corrected chi connectivity index (χ0v) is 15.2. The van der Waals surface area contributed by atoms with Crippen LogP contribution in [0.3, 0.4) is 0 Å².